The first kappa shape index (κ1) is 60.4. The number of hydrogen-bond acceptors (Lipinski definition) is 17. The highest BCUT2D eigenvalue weighted by atomic mass is 16.4. The minimum atomic E-state index is -1.79. The van der Waals surface area contributed by atoms with Crippen molar-refractivity contribution in [3.8, 4) is 5.75 Å². The third-order valence-electron chi connectivity index (χ3n) is 10.9. The Morgan fingerprint density at radius 3 is 1.83 bits per heavy atom. The highest BCUT2D eigenvalue weighted by Gasteiger charge is 2.40. The van der Waals surface area contributed by atoms with Crippen LogP contribution in [0.3, 0.4) is 0 Å². The van der Waals surface area contributed by atoms with Crippen LogP contribution in [-0.2, 0) is 59.2 Å². The molecule has 9 atom stereocenters. The summed E-state index contributed by atoms with van der Waals surface area (Å²) in [7, 11) is 0. The van der Waals surface area contributed by atoms with Crippen molar-refractivity contribution in [3.63, 3.8) is 0 Å². The minimum absolute atomic E-state index is 0.0185. The van der Waals surface area contributed by atoms with Gasteiger partial charge in [-0.3, -0.25) is 52.9 Å². The number of aromatic hydroxyl groups is 1. The van der Waals surface area contributed by atoms with Crippen LogP contribution in [0, 0.1) is 0 Å². The first-order chi connectivity index (χ1) is 33.9. The van der Waals surface area contributed by atoms with Crippen LogP contribution in [0.4, 0.5) is 0 Å². The predicted octanol–water partition coefficient (Wildman–Crippen LogP) is -8.69. The molecule has 10 amide bonds. The molecule has 0 aromatic heterocycles. The fourth-order valence-electron chi connectivity index (χ4n) is 6.99. The van der Waals surface area contributed by atoms with Crippen molar-refractivity contribution in [1.82, 2.24) is 42.1 Å². The second-order valence-electron chi connectivity index (χ2n) is 16.6. The molecule has 1 saturated heterocycles. The summed E-state index contributed by atoms with van der Waals surface area (Å²) in [6.45, 7) is -1.89. The third-order valence-corrected chi connectivity index (χ3v) is 10.9. The molecule has 0 saturated carbocycles. The van der Waals surface area contributed by atoms with Crippen molar-refractivity contribution in [1.29, 1.82) is 0 Å². The summed E-state index contributed by atoms with van der Waals surface area (Å²) in [6, 6.07) is -6.81. The summed E-state index contributed by atoms with van der Waals surface area (Å²) >= 11 is 0. The van der Waals surface area contributed by atoms with Gasteiger partial charge in [-0.15, -0.1) is 0 Å². The number of guanidine groups is 1. The first-order valence-corrected chi connectivity index (χ1v) is 22.6. The van der Waals surface area contributed by atoms with E-state index < -0.39 is 146 Å². The van der Waals surface area contributed by atoms with E-state index in [-0.39, 0.29) is 76.2 Å². The molecule has 0 radical (unpaired) electrons. The van der Waals surface area contributed by atoms with E-state index in [9.17, 15) is 78.3 Å². The van der Waals surface area contributed by atoms with Crippen LogP contribution >= 0.6 is 0 Å². The number of likely N-dealkylation sites (tertiary alicyclic amines) is 1. The number of nitrogens with zero attached hydrogens (tertiary/aromatic N) is 2. The molecule has 1 aromatic carbocycles. The molecule has 1 aliphatic heterocycles. The van der Waals surface area contributed by atoms with E-state index in [0.717, 1.165) is 11.8 Å². The van der Waals surface area contributed by atoms with E-state index >= 15 is 0 Å². The van der Waals surface area contributed by atoms with Gasteiger partial charge in [0.05, 0.1) is 31.9 Å². The van der Waals surface area contributed by atoms with Gasteiger partial charge in [-0.25, -0.2) is 4.79 Å². The highest BCUT2D eigenvalue weighted by Crippen LogP contribution is 2.20. The number of rotatable bonds is 31. The van der Waals surface area contributed by atoms with Gasteiger partial charge in [0.15, 0.2) is 12.0 Å². The predicted molar refractivity (Wildman–Crippen MR) is 249 cm³/mol. The highest BCUT2D eigenvalue weighted by molar-refractivity contribution is 5.98. The standard InChI is InChI=1S/C42H66N14O16/c1-20(59)33(41(71)72)55-37(67)24(4-2-14-48-42(46)47)52-39(69)29-5-3-15-56(29)40(70)28(19-58)54-38(68)27(18-57)50-32(63)17-49-35(65)26(16-21-6-8-22(60)9-7-21)53-36(66)25(11-13-31(45)62)51-34(64)23(43)10-12-30(44)61/h6-9,20,23-29,33,57-60H,2-5,10-19,43H2,1H3,(H2,44,61)(H2,45,62)(H,49,65)(H,50,63)(H,51,64)(H,52,69)(H,53,66)(H,54,68)(H,55,67)(H,71,72)(H4,46,47,48)/t20-,23+,24+,25+,26+,27+,28+,29+,33+/m1/s1. The second-order valence-corrected chi connectivity index (χ2v) is 16.6. The van der Waals surface area contributed by atoms with E-state index in [1.54, 1.807) is 0 Å². The van der Waals surface area contributed by atoms with Crippen LogP contribution in [0.25, 0.3) is 0 Å². The molecule has 72 heavy (non-hydrogen) atoms. The number of amides is 10. The summed E-state index contributed by atoms with van der Waals surface area (Å²) in [5, 5.41) is 65.3. The van der Waals surface area contributed by atoms with Crippen LogP contribution in [0.2, 0.25) is 0 Å². The molecule has 1 heterocycles. The van der Waals surface area contributed by atoms with E-state index in [0.29, 0.717) is 5.56 Å². The summed E-state index contributed by atoms with van der Waals surface area (Å²) in [5.74, 6) is -11.5. The molecule has 400 valence electrons. The van der Waals surface area contributed by atoms with Crippen LogP contribution in [0.1, 0.15) is 63.9 Å². The largest absolute Gasteiger partial charge is 0.508 e. The number of aliphatic imine (C=N–C) groups is 1. The zero-order valence-corrected chi connectivity index (χ0v) is 39.4. The monoisotopic (exact) mass is 1020 g/mol. The minimum Gasteiger partial charge on any atom is -0.508 e. The molecule has 1 aromatic rings. The van der Waals surface area contributed by atoms with Gasteiger partial charge in [0.25, 0.3) is 0 Å². The molecule has 0 aliphatic carbocycles. The van der Waals surface area contributed by atoms with Crippen molar-refractivity contribution in [2.45, 2.75) is 119 Å². The number of hydrogen-bond donors (Lipinski definition) is 17. The molecule has 0 spiro atoms. The number of aliphatic hydroxyl groups is 3. The number of carbonyl (C=O) groups is 11. The maximum absolute atomic E-state index is 13.7. The van der Waals surface area contributed by atoms with Crippen LogP contribution < -0.4 is 65.9 Å². The Kier molecular flexibility index (Phi) is 25.3. The van der Waals surface area contributed by atoms with Gasteiger partial charge in [-0.2, -0.15) is 0 Å². The van der Waals surface area contributed by atoms with E-state index in [1.807, 2.05) is 0 Å². The normalized spacial score (nSPS) is 16.3. The summed E-state index contributed by atoms with van der Waals surface area (Å²) < 4.78 is 0. The number of carboxylic acid groups (broad SMARTS) is 1. The van der Waals surface area contributed by atoms with Gasteiger partial charge in [-0.05, 0) is 63.1 Å². The molecular formula is C42H66N14O16. The van der Waals surface area contributed by atoms with Gasteiger partial charge < -0.3 is 96.3 Å². The molecule has 22 N–H and O–H groups in total. The number of aliphatic hydroxyl groups excluding tert-OH is 3. The Balaban J connectivity index is 2.18. The average molecular weight is 1020 g/mol. The molecule has 1 aliphatic rings. The fraction of sp³-hybridized carbons (Fsp3) is 0.571. The van der Waals surface area contributed by atoms with Gasteiger partial charge >= 0.3 is 5.97 Å². The quantitative estimate of drug-likeness (QED) is 0.0187. The summed E-state index contributed by atoms with van der Waals surface area (Å²) in [6.07, 6.45) is -2.67. The molecule has 0 bridgehead atoms. The van der Waals surface area contributed by atoms with Crippen molar-refractivity contribution < 1.29 is 78.3 Å². The lowest BCUT2D eigenvalue weighted by atomic mass is 10.0. The lowest BCUT2D eigenvalue weighted by Crippen LogP contribution is -2.60. The zero-order valence-electron chi connectivity index (χ0n) is 39.4. The van der Waals surface area contributed by atoms with Crippen molar-refractivity contribution in [2.24, 2.45) is 33.7 Å². The molecule has 30 nitrogen and oxygen atoms in total. The Morgan fingerprint density at radius 2 is 1.26 bits per heavy atom. The lowest BCUT2D eigenvalue weighted by Gasteiger charge is -2.30. The van der Waals surface area contributed by atoms with Crippen molar-refractivity contribution >= 4 is 71.0 Å². The van der Waals surface area contributed by atoms with Crippen molar-refractivity contribution in [3.05, 3.63) is 29.8 Å². The van der Waals surface area contributed by atoms with E-state index in [1.165, 1.54) is 24.3 Å². The number of carbonyl (C=O) groups excluding carboxylic acids is 10. The second kappa shape index (κ2) is 30.1. The number of phenols is 1. The lowest BCUT2D eigenvalue weighted by molar-refractivity contribution is -0.146. The Bertz CT molecular complexity index is 2120. The number of nitrogens with two attached hydrogens (primary N) is 5. The molecule has 1 fully saturated rings. The fourth-order valence-corrected chi connectivity index (χ4v) is 6.99. The Morgan fingerprint density at radius 1 is 0.708 bits per heavy atom. The van der Waals surface area contributed by atoms with Crippen LogP contribution in [0.15, 0.2) is 29.3 Å². The molecule has 0 unspecified atom stereocenters. The molecule has 2 rings (SSSR count). The Hall–Kier alpha value is -7.70. The maximum Gasteiger partial charge on any atom is 0.328 e. The smallest absolute Gasteiger partial charge is 0.328 e. The maximum atomic E-state index is 13.7. The number of carboxylic acids is 1. The van der Waals surface area contributed by atoms with Gasteiger partial charge in [-0.1, -0.05) is 12.1 Å². The van der Waals surface area contributed by atoms with Crippen LogP contribution in [0.5, 0.6) is 5.75 Å². The number of aliphatic carboxylic acids is 1. The van der Waals surface area contributed by atoms with E-state index in [4.69, 9.17) is 28.7 Å². The van der Waals surface area contributed by atoms with Gasteiger partial charge in [0.1, 0.15) is 42.0 Å². The zero-order chi connectivity index (χ0) is 54.2. The SMILES string of the molecule is C[C@@H](O)[C@H](NC(=O)[C@H](CCCN=C(N)N)NC(=O)[C@@H]1CCCN1C(=O)[C@H](CO)NC(=O)[C@H](CO)NC(=O)CNC(=O)[C@H](Cc1ccc(O)cc1)NC(=O)[C@H](CCC(N)=O)NC(=O)[C@@H](N)CCC(N)=O)C(=O)O. The van der Waals surface area contributed by atoms with Crippen molar-refractivity contribution in [2.75, 3.05) is 32.8 Å². The first-order valence-electron chi connectivity index (χ1n) is 22.6. The topological polar surface area (TPSA) is 519 Å². The van der Waals surface area contributed by atoms with E-state index in [2.05, 4.69) is 42.2 Å². The molecule has 30 heteroatoms. The Labute approximate surface area is 412 Å². The number of benzene rings is 1. The van der Waals surface area contributed by atoms with Gasteiger partial charge in [0.2, 0.25) is 59.1 Å². The number of nitrogens with one attached hydrogen (secondary N) is 7. The average Bonchev–Trinajstić information content (AvgIpc) is 3.82. The van der Waals surface area contributed by atoms with Crippen LogP contribution in [-0.4, -0.2) is 189 Å². The third kappa shape index (κ3) is 20.7. The van der Waals surface area contributed by atoms with Gasteiger partial charge in [0, 0.05) is 32.4 Å². The summed E-state index contributed by atoms with van der Waals surface area (Å²) in [5.41, 5.74) is 27.3. The number of primary amides is 2. The summed E-state index contributed by atoms with van der Waals surface area (Å²) in [4.78, 5) is 146. The molecular weight excluding hydrogens is 957 g/mol. The number of phenolic OH excluding ortho intramolecular Hbond substituents is 1.